The predicted molar refractivity (Wildman–Crippen MR) is 123 cm³/mol. The molecule has 1 heterocycles. The Kier molecular flexibility index (Phi) is 5.21. The van der Waals surface area contributed by atoms with Gasteiger partial charge in [0.25, 0.3) is 5.91 Å². The van der Waals surface area contributed by atoms with Crippen LogP contribution in [-0.2, 0) is 6.61 Å². The van der Waals surface area contributed by atoms with Crippen molar-refractivity contribution < 1.29 is 9.53 Å². The van der Waals surface area contributed by atoms with Gasteiger partial charge in [-0.15, -0.1) is 0 Å². The largest absolute Gasteiger partial charge is 0.489 e. The van der Waals surface area contributed by atoms with E-state index < -0.39 is 0 Å². The standard InChI is InChI=1S/C27H26N2O2/c1-28-27(30)23-15-8-14-21-19-12-7-13-20(19)25(29-26(21)23)22-11-5-6-16-24(22)31-17-18-9-3-2-4-10-18/h2-12,14-16,19-20,25,29H,13,17H2,1H3,(H,28,30). The Morgan fingerprint density at radius 1 is 1.00 bits per heavy atom. The zero-order valence-electron chi connectivity index (χ0n) is 17.5. The second-order valence-electron chi connectivity index (χ2n) is 8.14. The van der Waals surface area contributed by atoms with Crippen LogP contribution in [0.4, 0.5) is 5.69 Å². The first-order chi connectivity index (χ1) is 15.3. The predicted octanol–water partition coefficient (Wildman–Crippen LogP) is 5.45. The molecule has 0 saturated heterocycles. The Morgan fingerprint density at radius 2 is 1.77 bits per heavy atom. The highest BCUT2D eigenvalue weighted by Gasteiger charge is 2.40. The first-order valence-electron chi connectivity index (χ1n) is 10.8. The molecule has 4 nitrogen and oxygen atoms in total. The van der Waals surface area contributed by atoms with Gasteiger partial charge in [-0.3, -0.25) is 4.79 Å². The number of amides is 1. The van der Waals surface area contributed by atoms with E-state index in [0.29, 0.717) is 18.1 Å². The van der Waals surface area contributed by atoms with E-state index >= 15 is 0 Å². The number of hydrogen-bond acceptors (Lipinski definition) is 3. The highest BCUT2D eigenvalue weighted by molar-refractivity contribution is 6.00. The normalized spacial score (nSPS) is 21.0. The van der Waals surface area contributed by atoms with E-state index in [2.05, 4.69) is 53.1 Å². The van der Waals surface area contributed by atoms with E-state index in [1.54, 1.807) is 7.05 Å². The zero-order valence-corrected chi connectivity index (χ0v) is 17.5. The van der Waals surface area contributed by atoms with Gasteiger partial charge in [-0.1, -0.05) is 72.8 Å². The van der Waals surface area contributed by atoms with Gasteiger partial charge < -0.3 is 15.4 Å². The molecule has 2 aliphatic rings. The van der Waals surface area contributed by atoms with Crippen molar-refractivity contribution in [2.24, 2.45) is 5.92 Å². The quantitative estimate of drug-likeness (QED) is 0.550. The molecule has 1 aliphatic heterocycles. The van der Waals surface area contributed by atoms with Gasteiger partial charge in [0, 0.05) is 18.5 Å². The number of allylic oxidation sites excluding steroid dienone is 2. The minimum absolute atomic E-state index is 0.0604. The average Bonchev–Trinajstić information content (AvgIpc) is 3.33. The van der Waals surface area contributed by atoms with Gasteiger partial charge in [-0.2, -0.15) is 0 Å². The summed E-state index contributed by atoms with van der Waals surface area (Å²) in [4.78, 5) is 12.6. The van der Waals surface area contributed by atoms with Crippen LogP contribution in [0, 0.1) is 5.92 Å². The molecule has 156 valence electrons. The number of fused-ring (bicyclic) bond motifs is 3. The van der Waals surface area contributed by atoms with E-state index in [4.69, 9.17) is 4.74 Å². The van der Waals surface area contributed by atoms with Crippen molar-refractivity contribution >= 4 is 11.6 Å². The zero-order chi connectivity index (χ0) is 21.2. The number of carbonyl (C=O) groups is 1. The number of hydrogen-bond donors (Lipinski definition) is 2. The van der Waals surface area contributed by atoms with Gasteiger partial charge in [-0.05, 0) is 35.6 Å². The maximum Gasteiger partial charge on any atom is 0.253 e. The molecule has 0 fully saturated rings. The molecule has 3 aromatic carbocycles. The Bertz CT molecular complexity index is 1120. The molecular formula is C27H26N2O2. The highest BCUT2D eigenvalue weighted by Crippen LogP contribution is 2.51. The molecule has 3 unspecified atom stereocenters. The van der Waals surface area contributed by atoms with Gasteiger partial charge in [-0.25, -0.2) is 0 Å². The van der Waals surface area contributed by atoms with Crippen molar-refractivity contribution in [2.45, 2.75) is 25.0 Å². The van der Waals surface area contributed by atoms with Crippen LogP contribution in [0.15, 0.2) is 84.9 Å². The van der Waals surface area contributed by atoms with Gasteiger partial charge in [0.05, 0.1) is 17.3 Å². The Hall–Kier alpha value is -3.53. The third kappa shape index (κ3) is 3.59. The van der Waals surface area contributed by atoms with Gasteiger partial charge in [0.1, 0.15) is 12.4 Å². The van der Waals surface area contributed by atoms with Crippen LogP contribution < -0.4 is 15.4 Å². The molecule has 0 radical (unpaired) electrons. The molecule has 3 atom stereocenters. The highest BCUT2D eigenvalue weighted by atomic mass is 16.5. The third-order valence-electron chi connectivity index (χ3n) is 6.36. The summed E-state index contributed by atoms with van der Waals surface area (Å²) in [7, 11) is 1.67. The maximum atomic E-state index is 12.6. The summed E-state index contributed by atoms with van der Waals surface area (Å²) >= 11 is 0. The van der Waals surface area contributed by atoms with Crippen LogP contribution in [0.1, 0.15) is 45.4 Å². The fraction of sp³-hybridized carbons (Fsp3) is 0.222. The molecule has 5 rings (SSSR count). The second-order valence-corrected chi connectivity index (χ2v) is 8.14. The number of nitrogens with one attached hydrogen (secondary N) is 2. The lowest BCUT2D eigenvalue weighted by atomic mass is 9.76. The number of carbonyl (C=O) groups excluding carboxylic acids is 1. The molecule has 31 heavy (non-hydrogen) atoms. The summed E-state index contributed by atoms with van der Waals surface area (Å²) in [6, 6.07) is 24.5. The third-order valence-corrected chi connectivity index (χ3v) is 6.36. The number of anilines is 1. The SMILES string of the molecule is CNC(=O)c1cccc2c1NC(c1ccccc1OCc1ccccc1)C1CC=CC21. The topological polar surface area (TPSA) is 50.4 Å². The lowest BCUT2D eigenvalue weighted by Crippen LogP contribution is -2.31. The molecule has 0 saturated carbocycles. The van der Waals surface area contributed by atoms with E-state index in [0.717, 1.165) is 29.0 Å². The summed E-state index contributed by atoms with van der Waals surface area (Å²) < 4.78 is 6.27. The van der Waals surface area contributed by atoms with Gasteiger partial charge in [0.2, 0.25) is 0 Å². The molecule has 1 aliphatic carbocycles. The van der Waals surface area contributed by atoms with Gasteiger partial charge >= 0.3 is 0 Å². The molecule has 0 aromatic heterocycles. The molecule has 4 heteroatoms. The lowest BCUT2D eigenvalue weighted by molar-refractivity contribution is 0.0963. The van der Waals surface area contributed by atoms with Crippen molar-refractivity contribution in [2.75, 3.05) is 12.4 Å². The molecule has 0 bridgehead atoms. The monoisotopic (exact) mass is 410 g/mol. The number of benzene rings is 3. The summed E-state index contributed by atoms with van der Waals surface area (Å²) in [5, 5.41) is 6.50. The molecule has 3 aromatic rings. The van der Waals surface area contributed by atoms with Crippen LogP contribution >= 0.6 is 0 Å². The van der Waals surface area contributed by atoms with Crippen molar-refractivity contribution in [3.63, 3.8) is 0 Å². The summed E-state index contributed by atoms with van der Waals surface area (Å²) in [5.74, 6) is 1.48. The summed E-state index contributed by atoms with van der Waals surface area (Å²) in [5.41, 5.74) is 5.08. The fourth-order valence-corrected chi connectivity index (χ4v) is 4.86. The first kappa shape index (κ1) is 19.4. The Balaban J connectivity index is 1.51. The van der Waals surface area contributed by atoms with E-state index in [1.165, 1.54) is 5.56 Å². The van der Waals surface area contributed by atoms with Crippen LogP contribution in [0.3, 0.4) is 0 Å². The van der Waals surface area contributed by atoms with E-state index in [-0.39, 0.29) is 17.9 Å². The minimum Gasteiger partial charge on any atom is -0.489 e. The van der Waals surface area contributed by atoms with Gasteiger partial charge in [0.15, 0.2) is 0 Å². The number of rotatable bonds is 5. The molecular weight excluding hydrogens is 384 g/mol. The van der Waals surface area contributed by atoms with Crippen molar-refractivity contribution in [3.8, 4) is 5.75 Å². The lowest BCUT2D eigenvalue weighted by Gasteiger charge is -2.38. The van der Waals surface area contributed by atoms with Crippen LogP contribution in [0.25, 0.3) is 0 Å². The summed E-state index contributed by atoms with van der Waals surface area (Å²) in [6.07, 6.45) is 5.55. The molecule has 0 spiro atoms. The molecule has 2 N–H and O–H groups in total. The van der Waals surface area contributed by atoms with Crippen molar-refractivity contribution in [1.29, 1.82) is 0 Å². The maximum absolute atomic E-state index is 12.6. The molecule has 1 amide bonds. The van der Waals surface area contributed by atoms with Crippen LogP contribution in [-0.4, -0.2) is 13.0 Å². The smallest absolute Gasteiger partial charge is 0.253 e. The average molecular weight is 411 g/mol. The van der Waals surface area contributed by atoms with Crippen LogP contribution in [0.5, 0.6) is 5.75 Å². The fourth-order valence-electron chi connectivity index (χ4n) is 4.86. The van der Waals surface area contributed by atoms with Crippen molar-refractivity contribution in [1.82, 2.24) is 5.32 Å². The second kappa shape index (κ2) is 8.31. The van der Waals surface area contributed by atoms with Crippen molar-refractivity contribution in [3.05, 3.63) is 107 Å². The Morgan fingerprint density at radius 3 is 2.61 bits per heavy atom. The number of para-hydroxylation sites is 2. The first-order valence-corrected chi connectivity index (χ1v) is 10.8. The Labute approximate surface area is 183 Å². The minimum atomic E-state index is -0.0721. The van der Waals surface area contributed by atoms with E-state index in [1.807, 2.05) is 42.5 Å². The van der Waals surface area contributed by atoms with Crippen LogP contribution in [0.2, 0.25) is 0 Å². The van der Waals surface area contributed by atoms with E-state index in [9.17, 15) is 4.79 Å². The summed E-state index contributed by atoms with van der Waals surface area (Å²) in [6.45, 7) is 0.525. The number of ether oxygens (including phenoxy) is 1.